The van der Waals surface area contributed by atoms with E-state index in [-0.39, 0.29) is 17.9 Å². The highest BCUT2D eigenvalue weighted by Gasteiger charge is 2.34. The molecule has 7 heteroatoms. The number of aromatic nitrogens is 2. The molecule has 3 heterocycles. The molecule has 2 aliphatic rings. The standard InChI is InChI=1S/C25H25N3O3S/c29-23-20-11-4-5-12-21(20)24(30)27(23)13-7-15-32-25-26-16-22(18-8-2-1-3-9-18)28(25)17-19-10-6-14-31-19/h1-5,8-9,11-12,16,19H,6-7,10,13-15,17H2. The molecule has 0 saturated carbocycles. The first kappa shape index (κ1) is 21.0. The maximum Gasteiger partial charge on any atom is 0.261 e. The zero-order valence-electron chi connectivity index (χ0n) is 17.8. The largest absolute Gasteiger partial charge is 0.376 e. The van der Waals surface area contributed by atoms with E-state index < -0.39 is 0 Å². The van der Waals surface area contributed by atoms with Crippen LogP contribution in [0.4, 0.5) is 0 Å². The molecule has 2 aliphatic heterocycles. The quantitative estimate of drug-likeness (QED) is 0.289. The molecule has 6 nitrogen and oxygen atoms in total. The van der Waals surface area contributed by atoms with Gasteiger partial charge in [0, 0.05) is 18.9 Å². The van der Waals surface area contributed by atoms with Gasteiger partial charge in [0.05, 0.1) is 35.7 Å². The number of carbonyl (C=O) groups excluding carboxylic acids is 2. The average Bonchev–Trinajstić information content (AvgIpc) is 3.54. The number of carbonyl (C=O) groups is 2. The van der Waals surface area contributed by atoms with E-state index in [4.69, 9.17) is 4.74 Å². The summed E-state index contributed by atoms with van der Waals surface area (Å²) in [6.45, 7) is 2.02. The van der Waals surface area contributed by atoms with Crippen LogP contribution in [0, 0.1) is 0 Å². The van der Waals surface area contributed by atoms with E-state index in [9.17, 15) is 9.59 Å². The molecule has 2 amide bonds. The normalized spacial score (nSPS) is 17.9. The number of thioether (sulfide) groups is 1. The van der Waals surface area contributed by atoms with Gasteiger partial charge >= 0.3 is 0 Å². The zero-order valence-corrected chi connectivity index (χ0v) is 18.6. The van der Waals surface area contributed by atoms with Gasteiger partial charge in [-0.05, 0) is 37.0 Å². The second-order valence-corrected chi connectivity index (χ2v) is 9.11. The summed E-state index contributed by atoms with van der Waals surface area (Å²) in [6.07, 6.45) is 5.02. The molecule has 1 unspecified atom stereocenters. The van der Waals surface area contributed by atoms with Crippen molar-refractivity contribution in [1.29, 1.82) is 0 Å². The van der Waals surface area contributed by atoms with Gasteiger partial charge in [0.15, 0.2) is 5.16 Å². The van der Waals surface area contributed by atoms with Crippen molar-refractivity contribution in [2.45, 2.75) is 37.1 Å². The molecule has 164 valence electrons. The molecule has 0 bridgehead atoms. The van der Waals surface area contributed by atoms with Crippen LogP contribution in [0.15, 0.2) is 66.0 Å². The molecule has 3 aromatic rings. The molecule has 0 radical (unpaired) electrons. The van der Waals surface area contributed by atoms with Crippen molar-refractivity contribution in [1.82, 2.24) is 14.5 Å². The Morgan fingerprint density at radius 2 is 1.72 bits per heavy atom. The molecular formula is C25H25N3O3S. The van der Waals surface area contributed by atoms with Crippen molar-refractivity contribution >= 4 is 23.6 Å². The molecule has 5 rings (SSSR count). The van der Waals surface area contributed by atoms with Crippen LogP contribution >= 0.6 is 11.8 Å². The summed E-state index contributed by atoms with van der Waals surface area (Å²) in [5, 5.41) is 0.946. The minimum Gasteiger partial charge on any atom is -0.376 e. The predicted octanol–water partition coefficient (Wildman–Crippen LogP) is 4.51. The van der Waals surface area contributed by atoms with Crippen LogP contribution in [0.5, 0.6) is 0 Å². The first-order chi connectivity index (χ1) is 15.7. The van der Waals surface area contributed by atoms with Gasteiger partial charge < -0.3 is 9.30 Å². The van der Waals surface area contributed by atoms with Crippen molar-refractivity contribution in [2.75, 3.05) is 18.9 Å². The maximum absolute atomic E-state index is 12.5. The fraction of sp³-hybridized carbons (Fsp3) is 0.320. The van der Waals surface area contributed by atoms with E-state index in [1.165, 1.54) is 4.90 Å². The summed E-state index contributed by atoms with van der Waals surface area (Å²) >= 11 is 1.66. The summed E-state index contributed by atoms with van der Waals surface area (Å²) in [4.78, 5) is 31.1. The Kier molecular flexibility index (Phi) is 6.10. The molecule has 1 aromatic heterocycles. The lowest BCUT2D eigenvalue weighted by Crippen LogP contribution is -2.31. The fourth-order valence-corrected chi connectivity index (χ4v) is 5.22. The van der Waals surface area contributed by atoms with Gasteiger partial charge in [-0.15, -0.1) is 0 Å². The maximum atomic E-state index is 12.5. The highest BCUT2D eigenvalue weighted by Crippen LogP contribution is 2.29. The Morgan fingerprint density at radius 1 is 1.00 bits per heavy atom. The first-order valence-corrected chi connectivity index (χ1v) is 12.0. The monoisotopic (exact) mass is 447 g/mol. The van der Waals surface area contributed by atoms with Gasteiger partial charge in [-0.25, -0.2) is 4.98 Å². The number of nitrogens with zero attached hydrogens (tertiary/aromatic N) is 3. The minimum absolute atomic E-state index is 0.193. The van der Waals surface area contributed by atoms with Gasteiger partial charge in [-0.2, -0.15) is 0 Å². The van der Waals surface area contributed by atoms with E-state index in [0.29, 0.717) is 24.1 Å². The Balaban J connectivity index is 1.25. The third kappa shape index (κ3) is 4.10. The average molecular weight is 448 g/mol. The Morgan fingerprint density at radius 3 is 2.41 bits per heavy atom. The van der Waals surface area contributed by atoms with Crippen molar-refractivity contribution in [3.05, 3.63) is 71.9 Å². The van der Waals surface area contributed by atoms with Crippen LogP contribution in [-0.4, -0.2) is 51.3 Å². The summed E-state index contributed by atoms with van der Waals surface area (Å²) in [5.41, 5.74) is 3.23. The van der Waals surface area contributed by atoms with E-state index in [1.54, 1.807) is 36.0 Å². The molecule has 32 heavy (non-hydrogen) atoms. The summed E-state index contributed by atoms with van der Waals surface area (Å²) in [7, 11) is 0. The van der Waals surface area contributed by atoms with Gasteiger partial charge in [0.2, 0.25) is 0 Å². The topological polar surface area (TPSA) is 64.4 Å². The smallest absolute Gasteiger partial charge is 0.261 e. The molecule has 0 spiro atoms. The Hall–Kier alpha value is -2.90. The fourth-order valence-electron chi connectivity index (χ4n) is 4.31. The molecule has 2 aromatic carbocycles. The van der Waals surface area contributed by atoms with Crippen molar-refractivity contribution in [3.63, 3.8) is 0 Å². The van der Waals surface area contributed by atoms with E-state index in [0.717, 1.165) is 48.2 Å². The number of fused-ring (bicyclic) bond motifs is 1. The Labute approximate surface area is 191 Å². The van der Waals surface area contributed by atoms with E-state index in [1.807, 2.05) is 24.4 Å². The second-order valence-electron chi connectivity index (χ2n) is 8.05. The second kappa shape index (κ2) is 9.30. The highest BCUT2D eigenvalue weighted by molar-refractivity contribution is 7.99. The van der Waals surface area contributed by atoms with Crippen molar-refractivity contribution < 1.29 is 14.3 Å². The number of rotatable bonds is 8. The van der Waals surface area contributed by atoms with Crippen LogP contribution in [0.1, 0.15) is 40.0 Å². The van der Waals surface area contributed by atoms with E-state index in [2.05, 4.69) is 21.7 Å². The minimum atomic E-state index is -0.193. The van der Waals surface area contributed by atoms with Crippen LogP contribution < -0.4 is 0 Å². The summed E-state index contributed by atoms with van der Waals surface area (Å²) in [6, 6.07) is 17.3. The molecule has 0 aliphatic carbocycles. The molecular weight excluding hydrogens is 422 g/mol. The first-order valence-electron chi connectivity index (χ1n) is 11.0. The van der Waals surface area contributed by atoms with E-state index >= 15 is 0 Å². The lowest BCUT2D eigenvalue weighted by Gasteiger charge is -2.17. The number of hydrogen-bond acceptors (Lipinski definition) is 5. The third-order valence-electron chi connectivity index (χ3n) is 5.93. The number of imide groups is 1. The van der Waals surface area contributed by atoms with Gasteiger partial charge in [-0.3, -0.25) is 14.5 Å². The lowest BCUT2D eigenvalue weighted by molar-refractivity contribution is 0.0654. The van der Waals surface area contributed by atoms with Gasteiger partial charge in [0.1, 0.15) is 0 Å². The number of imidazole rings is 1. The van der Waals surface area contributed by atoms with Crippen molar-refractivity contribution in [2.24, 2.45) is 0 Å². The number of amides is 2. The molecule has 1 fully saturated rings. The van der Waals surface area contributed by atoms with Crippen LogP contribution in [0.2, 0.25) is 0 Å². The Bertz CT molecular complexity index is 1090. The number of benzene rings is 2. The molecule has 1 atom stereocenters. The molecule has 0 N–H and O–H groups in total. The van der Waals surface area contributed by atoms with Gasteiger partial charge in [-0.1, -0.05) is 54.2 Å². The van der Waals surface area contributed by atoms with Gasteiger partial charge in [0.25, 0.3) is 11.8 Å². The number of hydrogen-bond donors (Lipinski definition) is 0. The number of ether oxygens (including phenoxy) is 1. The summed E-state index contributed by atoms with van der Waals surface area (Å²) < 4.78 is 8.13. The SMILES string of the molecule is O=C1c2ccccc2C(=O)N1CCCSc1ncc(-c2ccccc2)n1CC1CCCO1. The van der Waals surface area contributed by atoms with Crippen LogP contribution in [0.25, 0.3) is 11.3 Å². The zero-order chi connectivity index (χ0) is 21.9. The lowest BCUT2D eigenvalue weighted by atomic mass is 10.1. The summed E-state index contributed by atoms with van der Waals surface area (Å²) in [5.74, 6) is 0.383. The van der Waals surface area contributed by atoms with Crippen LogP contribution in [0.3, 0.4) is 0 Å². The predicted molar refractivity (Wildman–Crippen MR) is 124 cm³/mol. The van der Waals surface area contributed by atoms with Crippen LogP contribution in [-0.2, 0) is 11.3 Å². The third-order valence-corrected chi connectivity index (χ3v) is 7.01. The molecule has 1 saturated heterocycles. The highest BCUT2D eigenvalue weighted by atomic mass is 32.2. The van der Waals surface area contributed by atoms with Crippen molar-refractivity contribution in [3.8, 4) is 11.3 Å².